The van der Waals surface area contributed by atoms with Gasteiger partial charge in [0.2, 0.25) is 0 Å². The summed E-state index contributed by atoms with van der Waals surface area (Å²) in [5.74, 6) is 0.489. The summed E-state index contributed by atoms with van der Waals surface area (Å²) >= 11 is 5.80. The Morgan fingerprint density at radius 3 is 1.43 bits per heavy atom. The maximum atomic E-state index is 12.9. The maximum absolute atomic E-state index is 12.9. The zero-order valence-corrected chi connectivity index (χ0v) is 19.1. The molecule has 0 aliphatic carbocycles. The van der Waals surface area contributed by atoms with Gasteiger partial charge in [0.25, 0.3) is 14.3 Å². The van der Waals surface area contributed by atoms with Crippen LogP contribution in [0, 0.1) is 0 Å². The zero-order valence-electron chi connectivity index (χ0n) is 17.3. The highest BCUT2D eigenvalue weighted by Gasteiger charge is 2.39. The van der Waals surface area contributed by atoms with Gasteiger partial charge in [0, 0.05) is 30.4 Å². The third-order valence-corrected chi connectivity index (χ3v) is 9.29. The molecule has 0 bridgehead atoms. The molecule has 156 valence electrons. The van der Waals surface area contributed by atoms with Gasteiger partial charge in [-0.25, -0.2) is 0 Å². The van der Waals surface area contributed by atoms with Crippen molar-refractivity contribution < 1.29 is 9.22 Å². The minimum atomic E-state index is -2.52. The number of carbonyl (C=O) groups is 1. The van der Waals surface area contributed by atoms with Crippen molar-refractivity contribution in [2.24, 2.45) is 0 Å². The van der Waals surface area contributed by atoms with E-state index in [-0.39, 0.29) is 5.97 Å². The Morgan fingerprint density at radius 1 is 0.667 bits per heavy atom. The molecule has 4 heteroatoms. The Hall–Kier alpha value is -2.36. The van der Waals surface area contributed by atoms with Crippen LogP contribution in [-0.2, 0) is 27.4 Å². The highest BCUT2D eigenvalue weighted by molar-refractivity contribution is 6.73. The van der Waals surface area contributed by atoms with Crippen molar-refractivity contribution in [2.45, 2.75) is 37.4 Å². The lowest BCUT2D eigenvalue weighted by molar-refractivity contribution is -0.135. The number of rotatable bonds is 11. The van der Waals surface area contributed by atoms with E-state index in [2.05, 4.69) is 72.8 Å². The predicted molar refractivity (Wildman–Crippen MR) is 127 cm³/mol. The van der Waals surface area contributed by atoms with Gasteiger partial charge in [-0.05, 0) is 29.5 Å². The van der Waals surface area contributed by atoms with Gasteiger partial charge in [-0.3, -0.25) is 4.79 Å². The Labute approximate surface area is 186 Å². The van der Waals surface area contributed by atoms with Gasteiger partial charge in [0.05, 0.1) is 0 Å². The smallest absolute Gasteiger partial charge is 0.292 e. The minimum Gasteiger partial charge on any atom is -0.518 e. The van der Waals surface area contributed by atoms with E-state index in [1.165, 1.54) is 16.7 Å². The van der Waals surface area contributed by atoms with E-state index in [1.807, 2.05) is 18.2 Å². The van der Waals surface area contributed by atoms with Crippen LogP contribution in [0.25, 0.3) is 0 Å². The third-order valence-electron chi connectivity index (χ3n) is 5.20. The average molecular weight is 437 g/mol. The number of carbonyl (C=O) groups excluding carboxylic acids is 1. The molecule has 30 heavy (non-hydrogen) atoms. The van der Waals surface area contributed by atoms with Gasteiger partial charge in [0.1, 0.15) is 0 Å². The minimum absolute atomic E-state index is 0.0884. The molecule has 0 aliphatic rings. The van der Waals surface area contributed by atoms with Crippen molar-refractivity contribution in [1.29, 1.82) is 0 Å². The summed E-state index contributed by atoms with van der Waals surface area (Å²) in [6, 6.07) is 33.7. The molecule has 0 spiro atoms. The van der Waals surface area contributed by atoms with Crippen molar-refractivity contribution in [3.05, 3.63) is 108 Å². The van der Waals surface area contributed by atoms with Crippen LogP contribution >= 0.6 is 11.6 Å². The second-order valence-corrected chi connectivity index (χ2v) is 11.8. The quantitative estimate of drug-likeness (QED) is 0.202. The molecule has 3 aromatic carbocycles. The van der Waals surface area contributed by atoms with Crippen molar-refractivity contribution in [3.63, 3.8) is 0 Å². The van der Waals surface area contributed by atoms with Gasteiger partial charge in [0.15, 0.2) is 0 Å². The first-order chi connectivity index (χ1) is 14.7. The molecular weight excluding hydrogens is 408 g/mol. The Kier molecular flexibility index (Phi) is 8.73. The number of alkyl halides is 1. The molecule has 0 unspecified atom stereocenters. The van der Waals surface area contributed by atoms with Crippen LogP contribution in [0.2, 0.25) is 0 Å². The van der Waals surface area contributed by atoms with Crippen LogP contribution in [0.3, 0.4) is 0 Å². The van der Waals surface area contributed by atoms with Gasteiger partial charge in [-0.1, -0.05) is 91.0 Å². The Morgan fingerprint density at radius 2 is 1.07 bits per heavy atom. The summed E-state index contributed by atoms with van der Waals surface area (Å²) in [5.41, 5.74) is 3.68. The molecule has 0 fully saturated rings. The molecule has 3 rings (SSSR count). The summed E-state index contributed by atoms with van der Waals surface area (Å²) in [6.45, 7) is 0. The monoisotopic (exact) mass is 436 g/mol. The molecule has 0 aromatic heterocycles. The highest BCUT2D eigenvalue weighted by atomic mass is 35.5. The second kappa shape index (κ2) is 11.7. The van der Waals surface area contributed by atoms with E-state index in [0.29, 0.717) is 12.3 Å². The molecule has 0 heterocycles. The molecule has 0 aliphatic heterocycles. The van der Waals surface area contributed by atoms with Gasteiger partial charge in [-0.15, -0.1) is 11.6 Å². The van der Waals surface area contributed by atoms with E-state index in [1.54, 1.807) is 0 Å². The lowest BCUT2D eigenvalue weighted by Crippen LogP contribution is -2.49. The van der Waals surface area contributed by atoms with E-state index < -0.39 is 8.32 Å². The van der Waals surface area contributed by atoms with Gasteiger partial charge in [-0.2, -0.15) is 0 Å². The van der Waals surface area contributed by atoms with Crippen molar-refractivity contribution >= 4 is 25.9 Å². The average Bonchev–Trinajstić information content (AvgIpc) is 2.76. The fraction of sp³-hybridized carbons (Fsp3) is 0.269. The van der Waals surface area contributed by atoms with E-state index >= 15 is 0 Å². The normalized spacial score (nSPS) is 11.2. The second-order valence-electron chi connectivity index (χ2n) is 7.79. The topological polar surface area (TPSA) is 26.3 Å². The van der Waals surface area contributed by atoms with E-state index in [0.717, 1.165) is 31.0 Å². The first kappa shape index (κ1) is 22.3. The predicted octanol–water partition coefficient (Wildman–Crippen LogP) is 6.23. The fourth-order valence-electron chi connectivity index (χ4n) is 3.86. The molecule has 2 nitrogen and oxygen atoms in total. The molecule has 0 saturated heterocycles. The van der Waals surface area contributed by atoms with Crippen LogP contribution in [-0.4, -0.2) is 20.2 Å². The number of benzene rings is 3. The summed E-state index contributed by atoms with van der Waals surface area (Å²) < 4.78 is 6.45. The molecule has 0 saturated carbocycles. The fourth-order valence-corrected chi connectivity index (χ4v) is 8.16. The molecule has 0 atom stereocenters. The summed E-state index contributed by atoms with van der Waals surface area (Å²) in [7, 11) is -2.52. The van der Waals surface area contributed by atoms with Gasteiger partial charge < -0.3 is 4.43 Å². The molecule has 3 aromatic rings. The van der Waals surface area contributed by atoms with Crippen LogP contribution in [0.4, 0.5) is 0 Å². The molecule has 0 amide bonds. The van der Waals surface area contributed by atoms with Crippen LogP contribution in [0.5, 0.6) is 0 Å². The van der Waals surface area contributed by atoms with Crippen molar-refractivity contribution in [3.8, 4) is 0 Å². The first-order valence-electron chi connectivity index (χ1n) is 10.6. The van der Waals surface area contributed by atoms with Crippen molar-refractivity contribution in [1.82, 2.24) is 0 Å². The van der Waals surface area contributed by atoms with Crippen LogP contribution < -0.4 is 0 Å². The maximum Gasteiger partial charge on any atom is 0.292 e. The zero-order chi connectivity index (χ0) is 21.1. The number of halogens is 1. The van der Waals surface area contributed by atoms with E-state index in [4.69, 9.17) is 16.0 Å². The SMILES string of the molecule is O=C(CCCCCl)O[Si](Cc1ccccc1)(Cc1ccccc1)Cc1ccccc1. The molecular formula is C26H29ClO2Si. The third kappa shape index (κ3) is 7.15. The number of unbranched alkanes of at least 4 members (excludes halogenated alkanes) is 1. The van der Waals surface area contributed by atoms with Crippen LogP contribution in [0.1, 0.15) is 36.0 Å². The lowest BCUT2D eigenvalue weighted by Gasteiger charge is -2.32. The largest absolute Gasteiger partial charge is 0.518 e. The lowest BCUT2D eigenvalue weighted by atomic mass is 10.2. The Bertz CT molecular complexity index is 783. The Balaban J connectivity index is 1.93. The summed E-state index contributed by atoms with van der Waals surface area (Å²) in [5, 5.41) is 0. The van der Waals surface area contributed by atoms with Crippen molar-refractivity contribution in [2.75, 3.05) is 5.88 Å². The standard InChI is InChI=1S/C26H29ClO2Si/c27-19-11-10-18-26(28)29-30(20-23-12-4-1-5-13-23,21-24-14-6-2-7-15-24)22-25-16-8-3-9-17-25/h1-9,12-17H,10-11,18-22H2. The van der Waals surface area contributed by atoms with Gasteiger partial charge >= 0.3 is 0 Å². The number of hydrogen-bond donors (Lipinski definition) is 0. The van der Waals surface area contributed by atoms with E-state index in [9.17, 15) is 4.79 Å². The summed E-state index contributed by atoms with van der Waals surface area (Å²) in [4.78, 5) is 12.9. The molecule has 0 N–H and O–H groups in total. The highest BCUT2D eigenvalue weighted by Crippen LogP contribution is 2.25. The number of hydrogen-bond acceptors (Lipinski definition) is 2. The van der Waals surface area contributed by atoms with Crippen LogP contribution in [0.15, 0.2) is 91.0 Å². The summed E-state index contributed by atoms with van der Waals surface area (Å²) in [6.07, 6.45) is 2.04. The molecule has 0 radical (unpaired) electrons. The first-order valence-corrected chi connectivity index (χ1v) is 13.7.